The molecule has 0 fully saturated rings. The van der Waals surface area contributed by atoms with Crippen molar-refractivity contribution < 1.29 is 14.3 Å². The second-order valence-corrected chi connectivity index (χ2v) is 7.01. The second-order valence-electron chi connectivity index (χ2n) is 7.01. The SMILES string of the molecule is CCCCCCOC(=O)/C=C/C(=O)N(CCCCCC)CCCCCC. The molecule has 1 amide bonds. The number of rotatable bonds is 17. The zero-order valence-corrected chi connectivity index (χ0v) is 17.4. The largest absolute Gasteiger partial charge is 0.463 e. The normalized spacial score (nSPS) is 11.0. The summed E-state index contributed by atoms with van der Waals surface area (Å²) < 4.78 is 5.15. The van der Waals surface area contributed by atoms with E-state index in [0.717, 1.165) is 64.5 Å². The quantitative estimate of drug-likeness (QED) is 0.189. The highest BCUT2D eigenvalue weighted by Gasteiger charge is 2.10. The van der Waals surface area contributed by atoms with Gasteiger partial charge in [0, 0.05) is 25.2 Å². The highest BCUT2D eigenvalue weighted by Crippen LogP contribution is 2.06. The second kappa shape index (κ2) is 18.5. The molecule has 0 spiro atoms. The summed E-state index contributed by atoms with van der Waals surface area (Å²) in [5, 5.41) is 0. The van der Waals surface area contributed by atoms with Gasteiger partial charge in [0.05, 0.1) is 6.61 Å². The summed E-state index contributed by atoms with van der Waals surface area (Å²) in [4.78, 5) is 26.0. The Kier molecular flexibility index (Phi) is 17.5. The Balaban J connectivity index is 4.27. The van der Waals surface area contributed by atoms with Crippen molar-refractivity contribution in [3.05, 3.63) is 12.2 Å². The summed E-state index contributed by atoms with van der Waals surface area (Å²) in [6.45, 7) is 8.52. The number of ether oxygens (including phenoxy) is 1. The number of hydrogen-bond donors (Lipinski definition) is 0. The molecule has 26 heavy (non-hydrogen) atoms. The Labute approximate surface area is 161 Å². The first-order chi connectivity index (χ1) is 12.7. The maximum atomic E-state index is 12.4. The number of unbranched alkanes of at least 4 members (excludes halogenated alkanes) is 9. The molecule has 4 nitrogen and oxygen atoms in total. The molecule has 0 rings (SSSR count). The number of carbonyl (C=O) groups is 2. The van der Waals surface area contributed by atoms with Crippen molar-refractivity contribution in [3.63, 3.8) is 0 Å². The zero-order chi connectivity index (χ0) is 19.5. The highest BCUT2D eigenvalue weighted by atomic mass is 16.5. The van der Waals surface area contributed by atoms with E-state index in [4.69, 9.17) is 4.74 Å². The van der Waals surface area contributed by atoms with Gasteiger partial charge < -0.3 is 9.64 Å². The topological polar surface area (TPSA) is 46.6 Å². The third-order valence-electron chi connectivity index (χ3n) is 4.48. The van der Waals surface area contributed by atoms with Crippen molar-refractivity contribution in [2.75, 3.05) is 19.7 Å². The number of amides is 1. The average molecular weight is 368 g/mol. The molecule has 0 N–H and O–H groups in total. The van der Waals surface area contributed by atoms with Crippen LogP contribution < -0.4 is 0 Å². The summed E-state index contributed by atoms with van der Waals surface area (Å²) in [5.74, 6) is -0.479. The maximum Gasteiger partial charge on any atom is 0.330 e. The third-order valence-corrected chi connectivity index (χ3v) is 4.48. The van der Waals surface area contributed by atoms with Crippen molar-refractivity contribution in [2.45, 2.75) is 97.8 Å². The van der Waals surface area contributed by atoms with Crippen molar-refractivity contribution in [3.8, 4) is 0 Å². The average Bonchev–Trinajstić information content (AvgIpc) is 2.64. The van der Waals surface area contributed by atoms with Gasteiger partial charge >= 0.3 is 5.97 Å². The molecule has 0 radical (unpaired) electrons. The summed E-state index contributed by atoms with van der Waals surface area (Å²) in [6.07, 6.45) is 16.1. The zero-order valence-electron chi connectivity index (χ0n) is 17.4. The van der Waals surface area contributed by atoms with Gasteiger partial charge in [-0.2, -0.15) is 0 Å². The van der Waals surface area contributed by atoms with Gasteiger partial charge in [-0.15, -0.1) is 0 Å². The molecule has 0 unspecified atom stereocenters. The minimum absolute atomic E-state index is 0.0686. The molecule has 0 aliphatic heterocycles. The van der Waals surface area contributed by atoms with E-state index in [9.17, 15) is 9.59 Å². The lowest BCUT2D eigenvalue weighted by Crippen LogP contribution is -2.31. The lowest BCUT2D eigenvalue weighted by atomic mass is 10.1. The fourth-order valence-corrected chi connectivity index (χ4v) is 2.79. The molecule has 0 bridgehead atoms. The Morgan fingerprint density at radius 1 is 0.692 bits per heavy atom. The molecule has 0 heterocycles. The van der Waals surface area contributed by atoms with E-state index in [2.05, 4.69) is 20.8 Å². The van der Waals surface area contributed by atoms with Gasteiger partial charge in [-0.05, 0) is 19.3 Å². The Hall–Kier alpha value is -1.32. The number of nitrogens with zero attached hydrogens (tertiary/aromatic N) is 1. The number of carbonyl (C=O) groups excluding carboxylic acids is 2. The van der Waals surface area contributed by atoms with Gasteiger partial charge in [0.15, 0.2) is 0 Å². The minimum Gasteiger partial charge on any atom is -0.463 e. The summed E-state index contributed by atoms with van der Waals surface area (Å²) in [6, 6.07) is 0. The van der Waals surface area contributed by atoms with Crippen LogP contribution in [0.25, 0.3) is 0 Å². The van der Waals surface area contributed by atoms with Crippen LogP contribution in [0, 0.1) is 0 Å². The Morgan fingerprint density at radius 2 is 1.19 bits per heavy atom. The maximum absolute atomic E-state index is 12.4. The first-order valence-electron chi connectivity index (χ1n) is 10.8. The summed E-state index contributed by atoms with van der Waals surface area (Å²) in [5.41, 5.74) is 0. The lowest BCUT2D eigenvalue weighted by molar-refractivity contribution is -0.138. The van der Waals surface area contributed by atoms with E-state index in [1.54, 1.807) is 0 Å². The van der Waals surface area contributed by atoms with E-state index in [0.29, 0.717) is 6.61 Å². The van der Waals surface area contributed by atoms with E-state index in [1.165, 1.54) is 37.8 Å². The first-order valence-corrected chi connectivity index (χ1v) is 10.8. The molecule has 4 heteroatoms. The molecular formula is C22H41NO3. The van der Waals surface area contributed by atoms with E-state index in [1.807, 2.05) is 4.90 Å². The highest BCUT2D eigenvalue weighted by molar-refractivity contribution is 5.94. The van der Waals surface area contributed by atoms with Gasteiger partial charge in [-0.1, -0.05) is 78.6 Å². The Morgan fingerprint density at radius 3 is 1.69 bits per heavy atom. The number of esters is 1. The smallest absolute Gasteiger partial charge is 0.330 e. The molecular weight excluding hydrogens is 326 g/mol. The van der Waals surface area contributed by atoms with Gasteiger partial charge in [-0.25, -0.2) is 4.79 Å². The number of hydrogen-bond acceptors (Lipinski definition) is 3. The van der Waals surface area contributed by atoms with Crippen molar-refractivity contribution in [1.29, 1.82) is 0 Å². The molecule has 0 aromatic heterocycles. The minimum atomic E-state index is -0.410. The van der Waals surface area contributed by atoms with Crippen molar-refractivity contribution >= 4 is 11.9 Å². The van der Waals surface area contributed by atoms with Crippen LogP contribution >= 0.6 is 0 Å². The predicted octanol–water partition coefficient (Wildman–Crippen LogP) is 5.66. The van der Waals surface area contributed by atoms with Crippen molar-refractivity contribution in [2.24, 2.45) is 0 Å². The predicted molar refractivity (Wildman–Crippen MR) is 109 cm³/mol. The molecule has 0 aliphatic rings. The van der Waals surface area contributed by atoms with Crippen LogP contribution in [-0.4, -0.2) is 36.5 Å². The van der Waals surface area contributed by atoms with E-state index < -0.39 is 5.97 Å². The monoisotopic (exact) mass is 367 g/mol. The fourth-order valence-electron chi connectivity index (χ4n) is 2.79. The van der Waals surface area contributed by atoms with Gasteiger partial charge in [-0.3, -0.25) is 4.79 Å². The fraction of sp³-hybridized carbons (Fsp3) is 0.818. The van der Waals surface area contributed by atoms with Crippen LogP contribution in [0.1, 0.15) is 97.8 Å². The van der Waals surface area contributed by atoms with Crippen LogP contribution in [0.2, 0.25) is 0 Å². The van der Waals surface area contributed by atoms with E-state index in [-0.39, 0.29) is 5.91 Å². The van der Waals surface area contributed by atoms with Gasteiger partial charge in [0.2, 0.25) is 5.91 Å². The Bertz CT molecular complexity index is 368. The van der Waals surface area contributed by atoms with Crippen LogP contribution in [0.3, 0.4) is 0 Å². The molecule has 0 atom stereocenters. The van der Waals surface area contributed by atoms with Crippen molar-refractivity contribution in [1.82, 2.24) is 4.90 Å². The van der Waals surface area contributed by atoms with Gasteiger partial charge in [0.25, 0.3) is 0 Å². The molecule has 152 valence electrons. The summed E-state index contributed by atoms with van der Waals surface area (Å²) >= 11 is 0. The summed E-state index contributed by atoms with van der Waals surface area (Å²) in [7, 11) is 0. The van der Waals surface area contributed by atoms with Crippen LogP contribution in [0.4, 0.5) is 0 Å². The molecule has 0 aliphatic carbocycles. The van der Waals surface area contributed by atoms with Crippen LogP contribution in [0.5, 0.6) is 0 Å². The molecule has 0 saturated carbocycles. The van der Waals surface area contributed by atoms with Gasteiger partial charge in [0.1, 0.15) is 0 Å². The van der Waals surface area contributed by atoms with Crippen LogP contribution in [0.15, 0.2) is 12.2 Å². The van der Waals surface area contributed by atoms with E-state index >= 15 is 0 Å². The molecule has 0 aromatic rings. The first kappa shape index (κ1) is 24.7. The standard InChI is InChI=1S/C22H41NO3/c1-4-7-10-13-18-23(19-14-11-8-5-2)21(24)16-17-22(25)26-20-15-12-9-6-3/h16-17H,4-15,18-20H2,1-3H3/b17-16+. The van der Waals surface area contributed by atoms with Crippen LogP contribution in [-0.2, 0) is 14.3 Å². The molecule has 0 saturated heterocycles. The lowest BCUT2D eigenvalue weighted by Gasteiger charge is -2.21. The molecule has 0 aromatic carbocycles. The third kappa shape index (κ3) is 15.0.